The summed E-state index contributed by atoms with van der Waals surface area (Å²) < 4.78 is 5.43. The van der Waals surface area contributed by atoms with Gasteiger partial charge in [0, 0.05) is 17.9 Å². The van der Waals surface area contributed by atoms with Crippen LogP contribution in [0.5, 0.6) is 0 Å². The molecule has 31 heavy (non-hydrogen) atoms. The third-order valence-corrected chi connectivity index (χ3v) is 5.40. The Morgan fingerprint density at radius 3 is 2.39 bits per heavy atom. The second-order valence-corrected chi connectivity index (χ2v) is 7.70. The molecule has 0 aliphatic carbocycles. The lowest BCUT2D eigenvalue weighted by molar-refractivity contribution is -0.124. The minimum atomic E-state index is -0.411. The van der Waals surface area contributed by atoms with Gasteiger partial charge in [0.25, 0.3) is 11.8 Å². The second-order valence-electron chi connectivity index (χ2n) is 7.70. The first kappa shape index (κ1) is 20.8. The van der Waals surface area contributed by atoms with Crippen molar-refractivity contribution in [2.24, 2.45) is 0 Å². The van der Waals surface area contributed by atoms with E-state index in [1.165, 1.54) is 0 Å². The van der Waals surface area contributed by atoms with E-state index in [-0.39, 0.29) is 17.9 Å². The fourth-order valence-corrected chi connectivity index (χ4v) is 3.77. The Bertz CT molecular complexity index is 1020. The molecule has 0 saturated carbocycles. The van der Waals surface area contributed by atoms with Crippen LogP contribution in [0, 0.1) is 0 Å². The molecule has 2 amide bonds. The largest absolute Gasteiger partial charge is 0.368 e. The van der Waals surface area contributed by atoms with Crippen LogP contribution in [0.4, 0.5) is 5.69 Å². The van der Waals surface area contributed by atoms with E-state index in [4.69, 9.17) is 4.74 Å². The Morgan fingerprint density at radius 2 is 1.68 bits per heavy atom. The van der Waals surface area contributed by atoms with Gasteiger partial charge in [-0.3, -0.25) is 9.59 Å². The van der Waals surface area contributed by atoms with Gasteiger partial charge in [-0.15, -0.1) is 0 Å². The zero-order valence-electron chi connectivity index (χ0n) is 17.3. The number of rotatable bonds is 7. The monoisotopic (exact) mass is 414 g/mol. The van der Waals surface area contributed by atoms with Gasteiger partial charge in [-0.25, -0.2) is 0 Å². The van der Waals surface area contributed by atoms with Crippen molar-refractivity contribution in [2.75, 3.05) is 11.9 Å². The van der Waals surface area contributed by atoms with E-state index in [0.717, 1.165) is 24.0 Å². The summed E-state index contributed by atoms with van der Waals surface area (Å²) in [5.41, 5.74) is 3.28. The number of hydrogen-bond donors (Lipinski definition) is 2. The predicted octanol–water partition coefficient (Wildman–Crippen LogP) is 4.52. The van der Waals surface area contributed by atoms with Crippen molar-refractivity contribution < 1.29 is 14.3 Å². The number of carbonyl (C=O) groups excluding carboxylic acids is 2. The zero-order chi connectivity index (χ0) is 21.5. The van der Waals surface area contributed by atoms with Crippen LogP contribution < -0.4 is 10.6 Å². The first-order chi connectivity index (χ1) is 15.2. The molecule has 4 rings (SSSR count). The molecule has 1 aliphatic heterocycles. The standard InChI is InChI=1S/C26H26N2O3/c29-25(21-13-7-14-22(18-21)27-26(30)24-15-8-16-31-24)28-23(20-11-5-2-6-12-20)17-19-9-3-1-4-10-19/h1-7,9-14,18,23-24H,8,15-17H2,(H,27,30)(H,28,29)/t23-,24+/m0/s1. The third kappa shape index (κ3) is 5.58. The van der Waals surface area contributed by atoms with Crippen LogP contribution in [-0.2, 0) is 16.0 Å². The maximum atomic E-state index is 13.1. The van der Waals surface area contributed by atoms with Crippen LogP contribution in [0.3, 0.4) is 0 Å². The van der Waals surface area contributed by atoms with Crippen molar-refractivity contribution >= 4 is 17.5 Å². The number of anilines is 1. The van der Waals surface area contributed by atoms with E-state index in [1.807, 2.05) is 48.5 Å². The van der Waals surface area contributed by atoms with E-state index in [0.29, 0.717) is 24.3 Å². The summed E-state index contributed by atoms with van der Waals surface area (Å²) >= 11 is 0. The van der Waals surface area contributed by atoms with E-state index >= 15 is 0 Å². The molecular formula is C26H26N2O3. The van der Waals surface area contributed by atoms with Crippen LogP contribution in [-0.4, -0.2) is 24.5 Å². The molecule has 1 fully saturated rings. The summed E-state index contributed by atoms with van der Waals surface area (Å²) in [5, 5.41) is 6.02. The molecule has 3 aromatic rings. The van der Waals surface area contributed by atoms with Gasteiger partial charge in [0.1, 0.15) is 6.10 Å². The Labute approximate surface area is 182 Å². The smallest absolute Gasteiger partial charge is 0.253 e. The van der Waals surface area contributed by atoms with Crippen LogP contribution in [0.15, 0.2) is 84.9 Å². The van der Waals surface area contributed by atoms with Crippen molar-refractivity contribution in [1.82, 2.24) is 5.32 Å². The number of nitrogens with one attached hydrogen (secondary N) is 2. The molecule has 2 atom stereocenters. The summed E-state index contributed by atoms with van der Waals surface area (Å²) in [6.07, 6.45) is 1.89. The van der Waals surface area contributed by atoms with E-state index in [1.54, 1.807) is 24.3 Å². The first-order valence-corrected chi connectivity index (χ1v) is 10.6. The van der Waals surface area contributed by atoms with E-state index in [2.05, 4.69) is 22.8 Å². The highest BCUT2D eigenvalue weighted by atomic mass is 16.5. The highest BCUT2D eigenvalue weighted by molar-refractivity contribution is 5.98. The van der Waals surface area contributed by atoms with Gasteiger partial charge in [0.15, 0.2) is 0 Å². The average Bonchev–Trinajstić information content (AvgIpc) is 3.35. The normalized spacial score (nSPS) is 16.5. The van der Waals surface area contributed by atoms with Crippen molar-refractivity contribution in [2.45, 2.75) is 31.4 Å². The fourth-order valence-electron chi connectivity index (χ4n) is 3.77. The third-order valence-electron chi connectivity index (χ3n) is 5.40. The number of hydrogen-bond acceptors (Lipinski definition) is 3. The molecule has 0 unspecified atom stereocenters. The highest BCUT2D eigenvalue weighted by Crippen LogP contribution is 2.20. The molecule has 5 heteroatoms. The van der Waals surface area contributed by atoms with Crippen molar-refractivity contribution in [3.8, 4) is 0 Å². The Morgan fingerprint density at radius 1 is 0.935 bits per heavy atom. The van der Waals surface area contributed by atoms with Gasteiger partial charge >= 0.3 is 0 Å². The molecule has 1 saturated heterocycles. The molecular weight excluding hydrogens is 388 g/mol. The summed E-state index contributed by atoms with van der Waals surface area (Å²) in [4.78, 5) is 25.4. The lowest BCUT2D eigenvalue weighted by atomic mass is 9.98. The van der Waals surface area contributed by atoms with E-state index < -0.39 is 6.10 Å². The SMILES string of the molecule is O=C(N[C@@H](Cc1ccccc1)c1ccccc1)c1cccc(NC(=O)[C@H]2CCCO2)c1. The Kier molecular flexibility index (Phi) is 6.75. The van der Waals surface area contributed by atoms with Crippen molar-refractivity contribution in [3.63, 3.8) is 0 Å². The quantitative estimate of drug-likeness (QED) is 0.597. The van der Waals surface area contributed by atoms with Gasteiger partial charge < -0.3 is 15.4 Å². The van der Waals surface area contributed by atoms with Gasteiger partial charge in [-0.05, 0) is 48.6 Å². The minimum Gasteiger partial charge on any atom is -0.368 e. The minimum absolute atomic E-state index is 0.165. The molecule has 1 aliphatic rings. The molecule has 1 heterocycles. The number of amides is 2. The predicted molar refractivity (Wildman–Crippen MR) is 121 cm³/mol. The fraction of sp³-hybridized carbons (Fsp3) is 0.231. The van der Waals surface area contributed by atoms with Crippen LogP contribution >= 0.6 is 0 Å². The van der Waals surface area contributed by atoms with Gasteiger partial charge in [0.05, 0.1) is 6.04 Å². The maximum Gasteiger partial charge on any atom is 0.253 e. The Hall–Kier alpha value is -3.44. The summed E-state index contributed by atoms with van der Waals surface area (Å²) in [5.74, 6) is -0.348. The number of benzene rings is 3. The average molecular weight is 415 g/mol. The molecule has 5 nitrogen and oxygen atoms in total. The summed E-state index contributed by atoms with van der Waals surface area (Å²) in [6.45, 7) is 0.614. The Balaban J connectivity index is 1.48. The van der Waals surface area contributed by atoms with Gasteiger partial charge in [-0.1, -0.05) is 66.7 Å². The van der Waals surface area contributed by atoms with E-state index in [9.17, 15) is 9.59 Å². The number of carbonyl (C=O) groups is 2. The molecule has 0 aromatic heterocycles. The van der Waals surface area contributed by atoms with Gasteiger partial charge in [-0.2, -0.15) is 0 Å². The van der Waals surface area contributed by atoms with Crippen LogP contribution in [0.25, 0.3) is 0 Å². The molecule has 3 aromatic carbocycles. The summed E-state index contributed by atoms with van der Waals surface area (Å²) in [6, 6.07) is 26.9. The van der Waals surface area contributed by atoms with Crippen molar-refractivity contribution in [1.29, 1.82) is 0 Å². The highest BCUT2D eigenvalue weighted by Gasteiger charge is 2.24. The number of ether oxygens (including phenoxy) is 1. The van der Waals surface area contributed by atoms with Crippen LogP contribution in [0.2, 0.25) is 0 Å². The topological polar surface area (TPSA) is 67.4 Å². The first-order valence-electron chi connectivity index (χ1n) is 10.6. The molecule has 0 radical (unpaired) electrons. The second kappa shape index (κ2) is 10.0. The molecule has 2 N–H and O–H groups in total. The van der Waals surface area contributed by atoms with Crippen molar-refractivity contribution in [3.05, 3.63) is 102 Å². The summed E-state index contributed by atoms with van der Waals surface area (Å²) in [7, 11) is 0. The zero-order valence-corrected chi connectivity index (χ0v) is 17.3. The molecule has 0 spiro atoms. The molecule has 0 bridgehead atoms. The maximum absolute atomic E-state index is 13.1. The lowest BCUT2D eigenvalue weighted by Crippen LogP contribution is -2.30. The van der Waals surface area contributed by atoms with Gasteiger partial charge in [0.2, 0.25) is 0 Å². The molecule has 158 valence electrons. The van der Waals surface area contributed by atoms with Crippen LogP contribution in [0.1, 0.15) is 40.4 Å². The lowest BCUT2D eigenvalue weighted by Gasteiger charge is -2.20.